The number of carbonyl (C=O) groups excluding carboxylic acids is 1. The van der Waals surface area contributed by atoms with Gasteiger partial charge in [-0.05, 0) is 43.4 Å². The Bertz CT molecular complexity index is 505. The first-order chi connectivity index (χ1) is 9.92. The molecule has 0 aliphatic carbocycles. The predicted octanol–water partition coefficient (Wildman–Crippen LogP) is 2.19. The molecule has 1 saturated heterocycles. The fraction of sp³-hybridized carbons (Fsp3) is 0.588. The molecule has 2 rings (SSSR count). The monoisotopic (exact) mass is 290 g/mol. The third-order valence-corrected chi connectivity index (χ3v) is 4.18. The SMILES string of the molecule is CCC(N)Cc1cc(C)c(OC2CCN(C)C2=O)c(C)c1. The minimum Gasteiger partial charge on any atom is -0.480 e. The van der Waals surface area contributed by atoms with Crippen LogP contribution in [0.15, 0.2) is 12.1 Å². The Labute approximate surface area is 127 Å². The van der Waals surface area contributed by atoms with Crippen LogP contribution in [0.1, 0.15) is 36.5 Å². The van der Waals surface area contributed by atoms with Crippen molar-refractivity contribution in [2.45, 2.75) is 52.2 Å². The Hall–Kier alpha value is -1.55. The van der Waals surface area contributed by atoms with Gasteiger partial charge in [0, 0.05) is 26.1 Å². The lowest BCUT2D eigenvalue weighted by Gasteiger charge is -2.18. The highest BCUT2D eigenvalue weighted by atomic mass is 16.5. The largest absolute Gasteiger partial charge is 0.480 e. The van der Waals surface area contributed by atoms with Gasteiger partial charge < -0.3 is 15.4 Å². The second kappa shape index (κ2) is 6.48. The number of aryl methyl sites for hydroxylation is 2. The first-order valence-electron chi connectivity index (χ1n) is 7.69. The molecule has 0 aromatic heterocycles. The summed E-state index contributed by atoms with van der Waals surface area (Å²) in [5.74, 6) is 0.920. The standard InChI is InChI=1S/C17H26N2O2/c1-5-14(18)10-13-8-11(2)16(12(3)9-13)21-15-6-7-19(4)17(15)20/h8-9,14-15H,5-7,10,18H2,1-4H3. The summed E-state index contributed by atoms with van der Waals surface area (Å²) in [5, 5.41) is 0. The lowest BCUT2D eigenvalue weighted by Crippen LogP contribution is -2.29. The van der Waals surface area contributed by atoms with Gasteiger partial charge in [0.2, 0.25) is 0 Å². The van der Waals surface area contributed by atoms with Gasteiger partial charge in [0.25, 0.3) is 5.91 Å². The van der Waals surface area contributed by atoms with Gasteiger partial charge in [-0.1, -0.05) is 19.1 Å². The van der Waals surface area contributed by atoms with Crippen molar-refractivity contribution in [3.8, 4) is 5.75 Å². The molecule has 4 heteroatoms. The van der Waals surface area contributed by atoms with Gasteiger partial charge in [-0.15, -0.1) is 0 Å². The molecule has 116 valence electrons. The summed E-state index contributed by atoms with van der Waals surface area (Å²) in [6.45, 7) is 6.94. The van der Waals surface area contributed by atoms with Crippen LogP contribution in [0.4, 0.5) is 0 Å². The van der Waals surface area contributed by atoms with Crippen LogP contribution in [0.25, 0.3) is 0 Å². The summed E-state index contributed by atoms with van der Waals surface area (Å²) in [4.78, 5) is 13.7. The molecule has 2 N–H and O–H groups in total. The molecule has 4 nitrogen and oxygen atoms in total. The zero-order valence-electron chi connectivity index (χ0n) is 13.5. The van der Waals surface area contributed by atoms with E-state index in [0.717, 1.165) is 42.7 Å². The van der Waals surface area contributed by atoms with Crippen molar-refractivity contribution in [2.75, 3.05) is 13.6 Å². The maximum Gasteiger partial charge on any atom is 0.263 e. The van der Waals surface area contributed by atoms with E-state index in [1.165, 1.54) is 5.56 Å². The van der Waals surface area contributed by atoms with E-state index >= 15 is 0 Å². The minimum atomic E-state index is -0.337. The fourth-order valence-electron chi connectivity index (χ4n) is 2.83. The molecule has 0 radical (unpaired) electrons. The van der Waals surface area contributed by atoms with Crippen LogP contribution < -0.4 is 10.5 Å². The number of ether oxygens (including phenoxy) is 1. The van der Waals surface area contributed by atoms with Crippen LogP contribution in [-0.2, 0) is 11.2 Å². The fourth-order valence-corrected chi connectivity index (χ4v) is 2.83. The van der Waals surface area contributed by atoms with Gasteiger partial charge >= 0.3 is 0 Å². The van der Waals surface area contributed by atoms with Crippen molar-refractivity contribution in [2.24, 2.45) is 5.73 Å². The molecule has 1 amide bonds. The van der Waals surface area contributed by atoms with Crippen LogP contribution in [0.2, 0.25) is 0 Å². The van der Waals surface area contributed by atoms with E-state index in [2.05, 4.69) is 19.1 Å². The summed E-state index contributed by atoms with van der Waals surface area (Å²) in [7, 11) is 1.82. The lowest BCUT2D eigenvalue weighted by atomic mass is 9.99. The molecule has 1 aromatic carbocycles. The average molecular weight is 290 g/mol. The van der Waals surface area contributed by atoms with E-state index in [4.69, 9.17) is 10.5 Å². The molecule has 1 aliphatic rings. The Balaban J connectivity index is 2.16. The van der Waals surface area contributed by atoms with Crippen molar-refractivity contribution in [1.82, 2.24) is 4.90 Å². The van der Waals surface area contributed by atoms with E-state index in [0.29, 0.717) is 0 Å². The molecule has 21 heavy (non-hydrogen) atoms. The van der Waals surface area contributed by atoms with Crippen molar-refractivity contribution in [1.29, 1.82) is 0 Å². The van der Waals surface area contributed by atoms with E-state index in [1.807, 2.05) is 20.9 Å². The maximum absolute atomic E-state index is 12.0. The number of hydrogen-bond donors (Lipinski definition) is 1. The molecule has 1 heterocycles. The first kappa shape index (κ1) is 15.8. The number of likely N-dealkylation sites (tertiary alicyclic amines) is 1. The summed E-state index contributed by atoms with van der Waals surface area (Å²) >= 11 is 0. The summed E-state index contributed by atoms with van der Waals surface area (Å²) < 4.78 is 5.98. The smallest absolute Gasteiger partial charge is 0.263 e. The molecule has 1 fully saturated rings. The molecule has 2 atom stereocenters. The number of rotatable bonds is 5. The highest BCUT2D eigenvalue weighted by molar-refractivity contribution is 5.83. The Morgan fingerprint density at radius 2 is 2.00 bits per heavy atom. The topological polar surface area (TPSA) is 55.6 Å². The summed E-state index contributed by atoms with van der Waals surface area (Å²) in [6, 6.07) is 4.45. The normalized spacial score (nSPS) is 20.0. The Kier molecular flexibility index (Phi) is 4.88. The lowest BCUT2D eigenvalue weighted by molar-refractivity contribution is -0.132. The third kappa shape index (κ3) is 3.56. The number of nitrogens with zero attached hydrogens (tertiary/aromatic N) is 1. The van der Waals surface area contributed by atoms with Crippen LogP contribution in [0, 0.1) is 13.8 Å². The van der Waals surface area contributed by atoms with Gasteiger partial charge in [-0.25, -0.2) is 0 Å². The summed E-state index contributed by atoms with van der Waals surface area (Å²) in [6.07, 6.45) is 2.27. The second-order valence-corrected chi connectivity index (χ2v) is 6.09. The zero-order chi connectivity index (χ0) is 15.6. The van der Waals surface area contributed by atoms with E-state index in [9.17, 15) is 4.79 Å². The number of amides is 1. The molecule has 0 bridgehead atoms. The second-order valence-electron chi connectivity index (χ2n) is 6.09. The van der Waals surface area contributed by atoms with Crippen LogP contribution in [-0.4, -0.2) is 36.5 Å². The van der Waals surface area contributed by atoms with Crippen molar-refractivity contribution < 1.29 is 9.53 Å². The highest BCUT2D eigenvalue weighted by Crippen LogP contribution is 2.28. The van der Waals surface area contributed by atoms with Gasteiger partial charge in [0.15, 0.2) is 6.10 Å². The third-order valence-electron chi connectivity index (χ3n) is 4.18. The maximum atomic E-state index is 12.0. The van der Waals surface area contributed by atoms with E-state index in [1.54, 1.807) is 4.90 Å². The molecular weight excluding hydrogens is 264 g/mol. The number of nitrogens with two attached hydrogens (primary N) is 1. The molecule has 1 aliphatic heterocycles. The quantitative estimate of drug-likeness (QED) is 0.904. The van der Waals surface area contributed by atoms with Crippen molar-refractivity contribution in [3.05, 3.63) is 28.8 Å². The Morgan fingerprint density at radius 1 is 1.38 bits per heavy atom. The number of likely N-dealkylation sites (N-methyl/N-ethyl adjacent to an activating group) is 1. The predicted molar refractivity (Wildman–Crippen MR) is 84.6 cm³/mol. The van der Waals surface area contributed by atoms with Crippen LogP contribution >= 0.6 is 0 Å². The number of carbonyl (C=O) groups is 1. The van der Waals surface area contributed by atoms with Gasteiger partial charge in [-0.2, -0.15) is 0 Å². The van der Waals surface area contributed by atoms with Crippen molar-refractivity contribution >= 4 is 5.91 Å². The average Bonchev–Trinajstić information content (AvgIpc) is 2.74. The van der Waals surface area contributed by atoms with Crippen LogP contribution in [0.3, 0.4) is 0 Å². The first-order valence-corrected chi connectivity index (χ1v) is 7.69. The van der Waals surface area contributed by atoms with Gasteiger partial charge in [0.1, 0.15) is 5.75 Å². The van der Waals surface area contributed by atoms with E-state index in [-0.39, 0.29) is 18.1 Å². The van der Waals surface area contributed by atoms with Crippen LogP contribution in [0.5, 0.6) is 5.75 Å². The Morgan fingerprint density at radius 3 is 2.48 bits per heavy atom. The highest BCUT2D eigenvalue weighted by Gasteiger charge is 2.31. The zero-order valence-corrected chi connectivity index (χ0v) is 13.5. The number of hydrogen-bond acceptors (Lipinski definition) is 3. The number of benzene rings is 1. The minimum absolute atomic E-state index is 0.0749. The summed E-state index contributed by atoms with van der Waals surface area (Å²) in [5.41, 5.74) is 9.42. The molecule has 0 spiro atoms. The molecule has 1 aromatic rings. The molecule has 2 unspecified atom stereocenters. The van der Waals surface area contributed by atoms with Gasteiger partial charge in [-0.3, -0.25) is 4.79 Å². The van der Waals surface area contributed by atoms with Crippen molar-refractivity contribution in [3.63, 3.8) is 0 Å². The molecular formula is C17H26N2O2. The van der Waals surface area contributed by atoms with Gasteiger partial charge in [0.05, 0.1) is 0 Å². The van der Waals surface area contributed by atoms with E-state index < -0.39 is 0 Å². The molecule has 0 saturated carbocycles.